The third kappa shape index (κ3) is 5.70. The lowest BCUT2D eigenvalue weighted by Crippen LogP contribution is -2.37. The number of halogens is 1. The number of carbonyl (C=O) groups excluding carboxylic acids is 2. The quantitative estimate of drug-likeness (QED) is 0.763. The van der Waals surface area contributed by atoms with Gasteiger partial charge in [0.2, 0.25) is 5.91 Å². The van der Waals surface area contributed by atoms with E-state index in [0.29, 0.717) is 12.1 Å². The van der Waals surface area contributed by atoms with E-state index in [1.165, 1.54) is 0 Å². The van der Waals surface area contributed by atoms with Crippen LogP contribution in [0.1, 0.15) is 15.9 Å². The first-order valence-electron chi connectivity index (χ1n) is 7.52. The maximum Gasteiger partial charge on any atom is 0.251 e. The molecule has 0 fully saturated rings. The molecule has 0 unspecified atom stereocenters. The average Bonchev–Trinajstić information content (AvgIpc) is 2.61. The van der Waals surface area contributed by atoms with Crippen molar-refractivity contribution in [1.82, 2.24) is 10.6 Å². The Kier molecular flexibility index (Phi) is 6.81. The summed E-state index contributed by atoms with van der Waals surface area (Å²) in [7, 11) is 1.62. The number of amides is 2. The molecule has 0 aliphatic heterocycles. The molecule has 2 amide bonds. The van der Waals surface area contributed by atoms with Crippen molar-refractivity contribution >= 4 is 27.7 Å². The van der Waals surface area contributed by atoms with Crippen LogP contribution < -0.4 is 15.4 Å². The van der Waals surface area contributed by atoms with Crippen molar-refractivity contribution in [2.45, 2.75) is 6.42 Å². The standard InChI is InChI=1S/C18H19BrN2O3/c1-24-16-8-2-13(3-9-16)10-11-20-17(22)12-21-18(23)14-4-6-15(19)7-5-14/h2-9H,10-12H2,1H3,(H,20,22)(H,21,23). The van der Waals surface area contributed by atoms with E-state index in [0.717, 1.165) is 22.2 Å². The van der Waals surface area contributed by atoms with Gasteiger partial charge in [0.05, 0.1) is 13.7 Å². The van der Waals surface area contributed by atoms with Crippen molar-refractivity contribution in [1.29, 1.82) is 0 Å². The summed E-state index contributed by atoms with van der Waals surface area (Å²) in [6, 6.07) is 14.6. The highest BCUT2D eigenvalue weighted by molar-refractivity contribution is 9.10. The summed E-state index contributed by atoms with van der Waals surface area (Å²) in [5.74, 6) is 0.320. The zero-order chi connectivity index (χ0) is 17.4. The molecular formula is C18H19BrN2O3. The molecule has 2 aromatic rings. The molecule has 2 rings (SSSR count). The maximum atomic E-state index is 11.9. The van der Waals surface area contributed by atoms with Crippen molar-refractivity contribution < 1.29 is 14.3 Å². The molecule has 0 radical (unpaired) electrons. The minimum absolute atomic E-state index is 0.0441. The molecule has 0 saturated carbocycles. The second kappa shape index (κ2) is 9.08. The van der Waals surface area contributed by atoms with Gasteiger partial charge in [-0.05, 0) is 48.4 Å². The van der Waals surface area contributed by atoms with Gasteiger partial charge in [0, 0.05) is 16.6 Å². The van der Waals surface area contributed by atoms with Crippen LogP contribution in [0.3, 0.4) is 0 Å². The van der Waals surface area contributed by atoms with Gasteiger partial charge in [0.15, 0.2) is 0 Å². The van der Waals surface area contributed by atoms with Crippen LogP contribution >= 0.6 is 15.9 Å². The summed E-state index contributed by atoms with van der Waals surface area (Å²) < 4.78 is 6.00. The van der Waals surface area contributed by atoms with Crippen LogP contribution in [0.15, 0.2) is 53.0 Å². The molecule has 24 heavy (non-hydrogen) atoms. The Morgan fingerprint density at radius 1 is 1.00 bits per heavy atom. The zero-order valence-electron chi connectivity index (χ0n) is 13.3. The minimum Gasteiger partial charge on any atom is -0.497 e. The summed E-state index contributed by atoms with van der Waals surface area (Å²) in [6.45, 7) is 0.469. The van der Waals surface area contributed by atoms with E-state index in [2.05, 4.69) is 26.6 Å². The molecule has 5 nitrogen and oxygen atoms in total. The molecule has 0 saturated heterocycles. The lowest BCUT2D eigenvalue weighted by Gasteiger charge is -2.08. The molecule has 0 heterocycles. The Bertz CT molecular complexity index is 684. The van der Waals surface area contributed by atoms with Crippen LogP contribution in [-0.2, 0) is 11.2 Å². The van der Waals surface area contributed by atoms with E-state index in [1.54, 1.807) is 31.4 Å². The normalized spacial score (nSPS) is 10.1. The van der Waals surface area contributed by atoms with E-state index >= 15 is 0 Å². The summed E-state index contributed by atoms with van der Waals surface area (Å²) in [4.78, 5) is 23.7. The molecule has 2 aromatic carbocycles. The largest absolute Gasteiger partial charge is 0.497 e. The average molecular weight is 391 g/mol. The van der Waals surface area contributed by atoms with Gasteiger partial charge in [-0.3, -0.25) is 9.59 Å². The number of benzene rings is 2. The van der Waals surface area contributed by atoms with Crippen molar-refractivity contribution in [3.05, 3.63) is 64.1 Å². The van der Waals surface area contributed by atoms with Crippen LogP contribution in [0.2, 0.25) is 0 Å². The number of ether oxygens (including phenoxy) is 1. The van der Waals surface area contributed by atoms with Crippen LogP contribution in [0.25, 0.3) is 0 Å². The Hall–Kier alpha value is -2.34. The topological polar surface area (TPSA) is 67.4 Å². The molecular weight excluding hydrogens is 372 g/mol. The van der Waals surface area contributed by atoms with E-state index in [9.17, 15) is 9.59 Å². The number of nitrogens with one attached hydrogen (secondary N) is 2. The van der Waals surface area contributed by atoms with Gasteiger partial charge in [-0.1, -0.05) is 28.1 Å². The van der Waals surface area contributed by atoms with Crippen LogP contribution in [0.5, 0.6) is 5.75 Å². The van der Waals surface area contributed by atoms with Crippen molar-refractivity contribution in [3.63, 3.8) is 0 Å². The number of hydrogen-bond acceptors (Lipinski definition) is 3. The summed E-state index contributed by atoms with van der Waals surface area (Å²) in [5, 5.41) is 5.38. The lowest BCUT2D eigenvalue weighted by molar-refractivity contribution is -0.120. The second-order valence-electron chi connectivity index (χ2n) is 5.14. The number of methoxy groups -OCH3 is 1. The van der Waals surface area contributed by atoms with Gasteiger partial charge in [-0.15, -0.1) is 0 Å². The zero-order valence-corrected chi connectivity index (χ0v) is 14.9. The lowest BCUT2D eigenvalue weighted by atomic mass is 10.1. The SMILES string of the molecule is COc1ccc(CCNC(=O)CNC(=O)c2ccc(Br)cc2)cc1. The number of carbonyl (C=O) groups is 2. The van der Waals surface area contributed by atoms with Crippen molar-refractivity contribution in [2.24, 2.45) is 0 Å². The fourth-order valence-electron chi connectivity index (χ4n) is 2.06. The monoisotopic (exact) mass is 390 g/mol. The highest BCUT2D eigenvalue weighted by atomic mass is 79.9. The van der Waals surface area contributed by atoms with Gasteiger partial charge in [0.25, 0.3) is 5.91 Å². The minimum atomic E-state index is -0.271. The Labute approximate surface area is 149 Å². The third-order valence-electron chi connectivity index (χ3n) is 3.41. The fraction of sp³-hybridized carbons (Fsp3) is 0.222. The van der Waals surface area contributed by atoms with Crippen LogP contribution in [0.4, 0.5) is 0 Å². The summed E-state index contributed by atoms with van der Waals surface area (Å²) in [6.07, 6.45) is 0.719. The molecule has 126 valence electrons. The van der Waals surface area contributed by atoms with Crippen LogP contribution in [-0.4, -0.2) is 32.0 Å². The summed E-state index contributed by atoms with van der Waals surface area (Å²) in [5.41, 5.74) is 1.62. The van der Waals surface area contributed by atoms with E-state index in [4.69, 9.17) is 4.74 Å². The van der Waals surface area contributed by atoms with Crippen LogP contribution in [0, 0.1) is 0 Å². The van der Waals surface area contributed by atoms with Gasteiger partial charge < -0.3 is 15.4 Å². The highest BCUT2D eigenvalue weighted by Gasteiger charge is 2.07. The molecule has 0 atom stereocenters. The first-order valence-corrected chi connectivity index (χ1v) is 8.31. The fourth-order valence-corrected chi connectivity index (χ4v) is 2.33. The molecule has 6 heteroatoms. The van der Waals surface area contributed by atoms with Crippen molar-refractivity contribution in [3.8, 4) is 5.75 Å². The molecule has 0 aliphatic carbocycles. The highest BCUT2D eigenvalue weighted by Crippen LogP contribution is 2.11. The second-order valence-corrected chi connectivity index (χ2v) is 6.05. The number of hydrogen-bond donors (Lipinski definition) is 2. The van der Waals surface area contributed by atoms with Crippen molar-refractivity contribution in [2.75, 3.05) is 20.2 Å². The molecule has 0 bridgehead atoms. The molecule has 0 aliphatic rings. The van der Waals surface area contributed by atoms with Gasteiger partial charge in [-0.2, -0.15) is 0 Å². The first-order chi connectivity index (χ1) is 11.6. The van der Waals surface area contributed by atoms with E-state index < -0.39 is 0 Å². The predicted molar refractivity (Wildman–Crippen MR) is 96.2 cm³/mol. The van der Waals surface area contributed by atoms with Gasteiger partial charge in [-0.25, -0.2) is 0 Å². The van der Waals surface area contributed by atoms with Gasteiger partial charge in [0.1, 0.15) is 5.75 Å². The third-order valence-corrected chi connectivity index (χ3v) is 3.94. The van der Waals surface area contributed by atoms with Gasteiger partial charge >= 0.3 is 0 Å². The number of rotatable bonds is 7. The van der Waals surface area contributed by atoms with E-state index in [-0.39, 0.29) is 18.4 Å². The maximum absolute atomic E-state index is 11.9. The predicted octanol–water partition coefficient (Wildman–Crippen LogP) is 2.55. The van der Waals surface area contributed by atoms with E-state index in [1.807, 2.05) is 24.3 Å². The molecule has 2 N–H and O–H groups in total. The molecule has 0 spiro atoms. The first kappa shape index (κ1) is 18.0. The summed E-state index contributed by atoms with van der Waals surface area (Å²) >= 11 is 3.31. The molecule has 0 aromatic heterocycles. The Balaban J connectivity index is 1.69. The smallest absolute Gasteiger partial charge is 0.251 e. The Morgan fingerprint density at radius 2 is 1.67 bits per heavy atom. The Morgan fingerprint density at radius 3 is 2.29 bits per heavy atom.